The lowest BCUT2D eigenvalue weighted by Crippen LogP contribution is -2.32. The Morgan fingerprint density at radius 3 is 2.59 bits per heavy atom. The van der Waals surface area contributed by atoms with E-state index in [1.54, 1.807) is 11.3 Å². The Morgan fingerprint density at radius 1 is 1.27 bits per heavy atom. The van der Waals surface area contributed by atoms with Gasteiger partial charge in [-0.05, 0) is 38.7 Å². The average Bonchev–Trinajstić information content (AvgIpc) is 3.26. The van der Waals surface area contributed by atoms with Gasteiger partial charge in [0.15, 0.2) is 0 Å². The minimum atomic E-state index is 0.258. The minimum absolute atomic E-state index is 0.258. The second-order valence-electron chi connectivity index (χ2n) is 6.10. The van der Waals surface area contributed by atoms with Crippen molar-refractivity contribution in [3.63, 3.8) is 0 Å². The maximum Gasteiger partial charge on any atom is 0.223 e. The highest BCUT2D eigenvalue weighted by atomic mass is 32.1. The van der Waals surface area contributed by atoms with Crippen LogP contribution in [0, 0.1) is 13.8 Å². The van der Waals surface area contributed by atoms with E-state index in [-0.39, 0.29) is 5.91 Å². The van der Waals surface area contributed by atoms with E-state index in [1.807, 2.05) is 11.8 Å². The molecule has 0 unspecified atom stereocenters. The molecule has 1 saturated carbocycles. The lowest BCUT2D eigenvalue weighted by atomic mass is 10.1. The third-order valence-corrected chi connectivity index (χ3v) is 4.88. The maximum atomic E-state index is 12.6. The first-order chi connectivity index (χ1) is 10.6. The minimum Gasteiger partial charge on any atom is -0.334 e. The summed E-state index contributed by atoms with van der Waals surface area (Å²) < 4.78 is 0. The summed E-state index contributed by atoms with van der Waals surface area (Å²) in [6.45, 7) is 4.76. The molecule has 0 saturated heterocycles. The molecular weight excluding hydrogens is 292 g/mol. The number of thiazole rings is 1. The third-order valence-electron chi connectivity index (χ3n) is 4.06. The van der Waals surface area contributed by atoms with Gasteiger partial charge in [-0.1, -0.05) is 29.8 Å². The highest BCUT2D eigenvalue weighted by Crippen LogP contribution is 2.29. The molecule has 1 fully saturated rings. The van der Waals surface area contributed by atoms with Gasteiger partial charge in [0.1, 0.15) is 0 Å². The van der Waals surface area contributed by atoms with E-state index in [4.69, 9.17) is 0 Å². The van der Waals surface area contributed by atoms with Gasteiger partial charge in [0.25, 0.3) is 0 Å². The molecule has 1 heterocycles. The van der Waals surface area contributed by atoms with Crippen LogP contribution in [-0.4, -0.2) is 21.8 Å². The third kappa shape index (κ3) is 3.95. The van der Waals surface area contributed by atoms with Crippen molar-refractivity contribution in [3.05, 3.63) is 51.5 Å². The van der Waals surface area contributed by atoms with Crippen LogP contribution in [0.25, 0.3) is 0 Å². The van der Waals surface area contributed by atoms with Gasteiger partial charge in [-0.15, -0.1) is 11.3 Å². The summed E-state index contributed by atoms with van der Waals surface area (Å²) in [5, 5.41) is 3.13. The fraction of sp³-hybridized carbons (Fsp3) is 0.444. The number of nitrogens with zero attached hydrogens (tertiary/aromatic N) is 2. The zero-order chi connectivity index (χ0) is 15.5. The fourth-order valence-electron chi connectivity index (χ4n) is 2.61. The lowest BCUT2D eigenvalue weighted by Gasteiger charge is -2.21. The van der Waals surface area contributed by atoms with Crippen molar-refractivity contribution >= 4 is 17.2 Å². The number of aromatic nitrogens is 1. The van der Waals surface area contributed by atoms with E-state index >= 15 is 0 Å². The van der Waals surface area contributed by atoms with Crippen LogP contribution in [-0.2, 0) is 17.8 Å². The molecule has 1 aliphatic carbocycles. The van der Waals surface area contributed by atoms with Gasteiger partial charge in [-0.25, -0.2) is 4.98 Å². The predicted molar refractivity (Wildman–Crippen MR) is 89.9 cm³/mol. The number of carbonyl (C=O) groups is 1. The van der Waals surface area contributed by atoms with Crippen molar-refractivity contribution in [2.45, 2.75) is 52.1 Å². The van der Waals surface area contributed by atoms with E-state index in [0.717, 1.165) is 30.0 Å². The first-order valence-electron chi connectivity index (χ1n) is 7.88. The van der Waals surface area contributed by atoms with Crippen LogP contribution in [0.1, 0.15) is 41.1 Å². The van der Waals surface area contributed by atoms with Gasteiger partial charge in [-0.3, -0.25) is 4.79 Å². The highest BCUT2D eigenvalue weighted by Gasteiger charge is 2.32. The number of amides is 1. The second kappa shape index (κ2) is 6.61. The van der Waals surface area contributed by atoms with Crippen LogP contribution in [0.2, 0.25) is 0 Å². The molecule has 4 heteroatoms. The number of benzene rings is 1. The van der Waals surface area contributed by atoms with E-state index in [9.17, 15) is 4.79 Å². The molecule has 0 radical (unpaired) electrons. The molecule has 22 heavy (non-hydrogen) atoms. The molecule has 0 aliphatic heterocycles. The molecule has 3 nitrogen and oxygen atoms in total. The standard InChI is InChI=1S/C18H22N2OS/c1-13-3-5-15(6-4-13)7-10-18(21)20(17-8-9-17)11-16-12-22-14(2)19-16/h3-6,12,17H,7-11H2,1-2H3. The maximum absolute atomic E-state index is 12.6. The summed E-state index contributed by atoms with van der Waals surface area (Å²) in [6, 6.07) is 8.89. The average molecular weight is 314 g/mol. The van der Waals surface area contributed by atoms with E-state index < -0.39 is 0 Å². The molecule has 0 bridgehead atoms. The van der Waals surface area contributed by atoms with Crippen molar-refractivity contribution in [2.24, 2.45) is 0 Å². The molecule has 1 aromatic carbocycles. The Morgan fingerprint density at radius 2 is 2.00 bits per heavy atom. The fourth-order valence-corrected chi connectivity index (χ4v) is 3.22. The molecular formula is C18H22N2OS. The molecule has 3 rings (SSSR count). The van der Waals surface area contributed by atoms with Crippen LogP contribution < -0.4 is 0 Å². The van der Waals surface area contributed by atoms with E-state index in [0.29, 0.717) is 19.0 Å². The Hall–Kier alpha value is -1.68. The van der Waals surface area contributed by atoms with Gasteiger partial charge >= 0.3 is 0 Å². The lowest BCUT2D eigenvalue weighted by molar-refractivity contribution is -0.132. The van der Waals surface area contributed by atoms with Crippen molar-refractivity contribution in [1.29, 1.82) is 0 Å². The molecule has 116 valence electrons. The summed E-state index contributed by atoms with van der Waals surface area (Å²) in [4.78, 5) is 19.1. The Labute approximate surface area is 136 Å². The second-order valence-corrected chi connectivity index (χ2v) is 7.16. The summed E-state index contributed by atoms with van der Waals surface area (Å²) in [5.74, 6) is 0.258. The molecule has 0 atom stereocenters. The molecule has 1 aromatic heterocycles. The summed E-state index contributed by atoms with van der Waals surface area (Å²) in [5.41, 5.74) is 3.52. The largest absolute Gasteiger partial charge is 0.334 e. The van der Waals surface area contributed by atoms with Crippen molar-refractivity contribution in [1.82, 2.24) is 9.88 Å². The van der Waals surface area contributed by atoms with E-state index in [1.165, 1.54) is 11.1 Å². The van der Waals surface area contributed by atoms with Crippen LogP contribution in [0.5, 0.6) is 0 Å². The summed E-state index contributed by atoms with van der Waals surface area (Å²) >= 11 is 1.65. The van der Waals surface area contributed by atoms with Crippen molar-refractivity contribution in [2.75, 3.05) is 0 Å². The number of aryl methyl sites for hydroxylation is 3. The first-order valence-corrected chi connectivity index (χ1v) is 8.76. The first kappa shape index (κ1) is 15.2. The zero-order valence-corrected chi connectivity index (χ0v) is 14.0. The Kier molecular flexibility index (Phi) is 4.57. The summed E-state index contributed by atoms with van der Waals surface area (Å²) in [7, 11) is 0. The van der Waals surface area contributed by atoms with Crippen molar-refractivity contribution in [3.8, 4) is 0 Å². The van der Waals surface area contributed by atoms with Crippen LogP contribution >= 0.6 is 11.3 Å². The number of carbonyl (C=O) groups excluding carboxylic acids is 1. The van der Waals surface area contributed by atoms with Crippen LogP contribution in [0.3, 0.4) is 0 Å². The SMILES string of the molecule is Cc1ccc(CCC(=O)N(Cc2csc(C)n2)C2CC2)cc1. The molecule has 1 aliphatic rings. The van der Waals surface area contributed by atoms with E-state index in [2.05, 4.69) is 41.6 Å². The van der Waals surface area contributed by atoms with Crippen LogP contribution in [0.15, 0.2) is 29.6 Å². The zero-order valence-electron chi connectivity index (χ0n) is 13.2. The topological polar surface area (TPSA) is 33.2 Å². The number of hydrogen-bond acceptors (Lipinski definition) is 3. The molecule has 1 amide bonds. The van der Waals surface area contributed by atoms with Gasteiger partial charge in [0.2, 0.25) is 5.91 Å². The van der Waals surface area contributed by atoms with Crippen molar-refractivity contribution < 1.29 is 4.79 Å². The molecule has 0 spiro atoms. The molecule has 2 aromatic rings. The predicted octanol–water partition coefficient (Wildman–Crippen LogP) is 3.88. The van der Waals surface area contributed by atoms with Gasteiger partial charge < -0.3 is 4.90 Å². The molecule has 0 N–H and O–H groups in total. The normalized spacial score (nSPS) is 14.1. The Balaban J connectivity index is 1.59. The van der Waals surface area contributed by atoms with Crippen LogP contribution in [0.4, 0.5) is 0 Å². The smallest absolute Gasteiger partial charge is 0.223 e. The quantitative estimate of drug-likeness (QED) is 0.810. The Bertz CT molecular complexity index is 643. The number of hydrogen-bond donors (Lipinski definition) is 0. The number of rotatable bonds is 6. The summed E-state index contributed by atoms with van der Waals surface area (Å²) in [6.07, 6.45) is 3.68. The monoisotopic (exact) mass is 314 g/mol. The van der Waals surface area contributed by atoms with Gasteiger partial charge in [0, 0.05) is 17.8 Å². The van der Waals surface area contributed by atoms with Gasteiger partial charge in [0.05, 0.1) is 17.2 Å². The highest BCUT2D eigenvalue weighted by molar-refractivity contribution is 7.09. The van der Waals surface area contributed by atoms with Gasteiger partial charge in [-0.2, -0.15) is 0 Å².